The maximum absolute atomic E-state index is 11.0. The number of rotatable bonds is 3. The van der Waals surface area contributed by atoms with Crippen LogP contribution in [0, 0.1) is 0 Å². The molecule has 15 heavy (non-hydrogen) atoms. The van der Waals surface area contributed by atoms with Crippen molar-refractivity contribution >= 4 is 5.78 Å². The van der Waals surface area contributed by atoms with E-state index in [1.165, 1.54) is 0 Å². The zero-order valence-electron chi connectivity index (χ0n) is 10.2. The smallest absolute Gasteiger partial charge is 0.162 e. The van der Waals surface area contributed by atoms with Gasteiger partial charge >= 0.3 is 0 Å². The maximum Gasteiger partial charge on any atom is 0.162 e. The molecule has 0 amide bonds. The Morgan fingerprint density at radius 3 is 1.93 bits per heavy atom. The molecule has 1 aromatic rings. The van der Waals surface area contributed by atoms with Gasteiger partial charge in [-0.1, -0.05) is 44.2 Å². The molecule has 1 rings (SSSR count). The van der Waals surface area contributed by atoms with Crippen LogP contribution in [-0.2, 0) is 0 Å². The van der Waals surface area contributed by atoms with Gasteiger partial charge in [-0.3, -0.25) is 4.79 Å². The highest BCUT2D eigenvalue weighted by atomic mass is 16.1. The second-order valence-electron chi connectivity index (χ2n) is 3.54. The summed E-state index contributed by atoms with van der Waals surface area (Å²) in [5.74, 6) is 0.209. The summed E-state index contributed by atoms with van der Waals surface area (Å²) >= 11 is 0. The number of nitrogens with zero attached hydrogens (tertiary/aromatic N) is 1. The number of carbonyl (C=O) groups is 1. The lowest BCUT2D eigenvalue weighted by Gasteiger charge is -2.00. The number of Topliss-reactive ketones (excluding diaryl/α,β-unsaturated/α-hetero) is 1. The molecule has 0 saturated heterocycles. The molecule has 0 heterocycles. The van der Waals surface area contributed by atoms with Gasteiger partial charge in [-0.25, -0.2) is 0 Å². The number of benzene rings is 1. The van der Waals surface area contributed by atoms with Crippen LogP contribution in [0.3, 0.4) is 0 Å². The Morgan fingerprint density at radius 2 is 1.60 bits per heavy atom. The van der Waals surface area contributed by atoms with Crippen molar-refractivity contribution in [3.8, 4) is 0 Å². The molecule has 0 unspecified atom stereocenters. The highest BCUT2D eigenvalue weighted by Gasteiger charge is 1.98. The molecule has 0 spiro atoms. The van der Waals surface area contributed by atoms with Crippen molar-refractivity contribution in [2.75, 3.05) is 20.6 Å². The standard InChI is InChI=1S/C9H10O.C4H11N/c1-2-9(10)8-6-4-3-5-7-8;1-4-5(2)3/h3-7H,2H2,1H3;4H2,1-3H3. The van der Waals surface area contributed by atoms with E-state index in [1.807, 2.05) is 37.3 Å². The Kier molecular flexibility index (Phi) is 7.56. The van der Waals surface area contributed by atoms with E-state index in [2.05, 4.69) is 25.9 Å². The van der Waals surface area contributed by atoms with Crippen LogP contribution >= 0.6 is 0 Å². The van der Waals surface area contributed by atoms with Gasteiger partial charge in [0.15, 0.2) is 5.78 Å². The maximum atomic E-state index is 11.0. The molecule has 84 valence electrons. The molecule has 0 aliphatic rings. The average Bonchev–Trinajstić information content (AvgIpc) is 2.30. The van der Waals surface area contributed by atoms with Gasteiger partial charge in [0.1, 0.15) is 0 Å². The molecule has 0 radical (unpaired) electrons. The summed E-state index contributed by atoms with van der Waals surface area (Å²) < 4.78 is 0. The first-order valence-electron chi connectivity index (χ1n) is 5.34. The Bertz CT molecular complexity index is 267. The first-order valence-corrected chi connectivity index (χ1v) is 5.34. The van der Waals surface area contributed by atoms with Crippen molar-refractivity contribution in [3.05, 3.63) is 35.9 Å². The van der Waals surface area contributed by atoms with Gasteiger partial charge in [0.05, 0.1) is 0 Å². The van der Waals surface area contributed by atoms with Crippen LogP contribution in [0.1, 0.15) is 30.6 Å². The average molecular weight is 207 g/mol. The van der Waals surface area contributed by atoms with E-state index in [9.17, 15) is 4.79 Å². The van der Waals surface area contributed by atoms with Crippen LogP contribution in [0.25, 0.3) is 0 Å². The number of hydrogen-bond acceptors (Lipinski definition) is 2. The molecule has 0 saturated carbocycles. The second-order valence-corrected chi connectivity index (χ2v) is 3.54. The summed E-state index contributed by atoms with van der Waals surface area (Å²) in [7, 11) is 4.11. The van der Waals surface area contributed by atoms with Crippen LogP contribution in [0.15, 0.2) is 30.3 Å². The molecular formula is C13H21NO. The number of hydrogen-bond donors (Lipinski definition) is 0. The van der Waals surface area contributed by atoms with Crippen molar-refractivity contribution in [1.29, 1.82) is 0 Å². The highest BCUT2D eigenvalue weighted by Crippen LogP contribution is 2.01. The quantitative estimate of drug-likeness (QED) is 0.710. The molecule has 0 aliphatic heterocycles. The van der Waals surface area contributed by atoms with E-state index < -0.39 is 0 Å². The SMILES string of the molecule is CCC(=O)c1ccccc1.CCN(C)C. The first-order chi connectivity index (χ1) is 7.11. The van der Waals surface area contributed by atoms with Crippen LogP contribution in [0.4, 0.5) is 0 Å². The Morgan fingerprint density at radius 1 is 1.13 bits per heavy atom. The fraction of sp³-hybridized carbons (Fsp3) is 0.462. The van der Waals surface area contributed by atoms with Crippen LogP contribution in [-0.4, -0.2) is 31.3 Å². The van der Waals surface area contributed by atoms with Crippen LogP contribution in [0.5, 0.6) is 0 Å². The molecule has 0 aliphatic carbocycles. The fourth-order valence-corrected chi connectivity index (χ4v) is 0.828. The van der Waals surface area contributed by atoms with Crippen molar-refractivity contribution < 1.29 is 4.79 Å². The van der Waals surface area contributed by atoms with Crippen molar-refractivity contribution in [3.63, 3.8) is 0 Å². The third kappa shape index (κ3) is 6.86. The van der Waals surface area contributed by atoms with E-state index in [4.69, 9.17) is 0 Å². The summed E-state index contributed by atoms with van der Waals surface area (Å²) in [6.45, 7) is 5.13. The second kappa shape index (κ2) is 8.18. The first kappa shape index (κ1) is 13.8. The lowest BCUT2D eigenvalue weighted by atomic mass is 10.1. The molecular weight excluding hydrogens is 186 g/mol. The molecule has 2 nitrogen and oxygen atoms in total. The van der Waals surface area contributed by atoms with Gasteiger partial charge in [0.25, 0.3) is 0 Å². The van der Waals surface area contributed by atoms with Gasteiger partial charge < -0.3 is 4.90 Å². The minimum atomic E-state index is 0.209. The van der Waals surface area contributed by atoms with Crippen LogP contribution < -0.4 is 0 Å². The Balaban J connectivity index is 0.000000336. The van der Waals surface area contributed by atoms with Crippen molar-refractivity contribution in [1.82, 2.24) is 4.90 Å². The third-order valence-electron chi connectivity index (χ3n) is 2.05. The zero-order chi connectivity index (χ0) is 11.7. The summed E-state index contributed by atoms with van der Waals surface area (Å²) in [5.41, 5.74) is 0.810. The van der Waals surface area contributed by atoms with E-state index in [1.54, 1.807) is 0 Å². The zero-order valence-corrected chi connectivity index (χ0v) is 10.2. The van der Waals surface area contributed by atoms with Gasteiger partial charge in [0, 0.05) is 12.0 Å². The Hall–Kier alpha value is -1.15. The lowest BCUT2D eigenvalue weighted by Crippen LogP contribution is -2.08. The number of carbonyl (C=O) groups excluding carboxylic acids is 1. The molecule has 1 aromatic carbocycles. The monoisotopic (exact) mass is 207 g/mol. The van der Waals surface area contributed by atoms with E-state index in [0.29, 0.717) is 6.42 Å². The summed E-state index contributed by atoms with van der Waals surface area (Å²) in [4.78, 5) is 13.1. The molecule has 0 aromatic heterocycles. The van der Waals surface area contributed by atoms with Crippen molar-refractivity contribution in [2.45, 2.75) is 20.3 Å². The Labute approximate surface area is 92.9 Å². The normalized spacial score (nSPS) is 9.40. The topological polar surface area (TPSA) is 20.3 Å². The lowest BCUT2D eigenvalue weighted by molar-refractivity contribution is 0.0988. The highest BCUT2D eigenvalue weighted by molar-refractivity contribution is 5.95. The van der Waals surface area contributed by atoms with Gasteiger partial charge in [-0.05, 0) is 20.6 Å². The summed E-state index contributed by atoms with van der Waals surface area (Å²) in [6, 6.07) is 9.34. The fourth-order valence-electron chi connectivity index (χ4n) is 0.828. The molecule has 0 bridgehead atoms. The molecule has 0 atom stereocenters. The summed E-state index contributed by atoms with van der Waals surface area (Å²) in [5, 5.41) is 0. The minimum absolute atomic E-state index is 0.209. The largest absolute Gasteiger partial charge is 0.310 e. The van der Waals surface area contributed by atoms with Crippen LogP contribution in [0.2, 0.25) is 0 Å². The predicted molar refractivity (Wildman–Crippen MR) is 65.3 cm³/mol. The molecule has 2 heteroatoms. The third-order valence-corrected chi connectivity index (χ3v) is 2.05. The molecule has 0 N–H and O–H groups in total. The van der Waals surface area contributed by atoms with E-state index in [0.717, 1.165) is 12.1 Å². The van der Waals surface area contributed by atoms with E-state index >= 15 is 0 Å². The summed E-state index contributed by atoms with van der Waals surface area (Å²) in [6.07, 6.45) is 0.587. The van der Waals surface area contributed by atoms with Crippen molar-refractivity contribution in [2.24, 2.45) is 0 Å². The minimum Gasteiger partial charge on any atom is -0.310 e. The molecule has 0 fully saturated rings. The van der Waals surface area contributed by atoms with Gasteiger partial charge in [-0.15, -0.1) is 0 Å². The van der Waals surface area contributed by atoms with Gasteiger partial charge in [0.2, 0.25) is 0 Å². The van der Waals surface area contributed by atoms with Gasteiger partial charge in [-0.2, -0.15) is 0 Å². The van der Waals surface area contributed by atoms with E-state index in [-0.39, 0.29) is 5.78 Å². The number of ketones is 1. The predicted octanol–water partition coefficient (Wildman–Crippen LogP) is 2.85.